The molecule has 2 aromatic rings. The SMILES string of the molecule is COc1cc(-n2cc(C)nc2N)ccc1Br. The Labute approximate surface area is 102 Å². The predicted octanol–water partition coefficient (Wildman–Crippen LogP) is 2.53. The predicted molar refractivity (Wildman–Crippen MR) is 67.0 cm³/mol. The van der Waals surface area contributed by atoms with Crippen molar-refractivity contribution < 1.29 is 4.74 Å². The molecule has 1 aromatic carbocycles. The minimum absolute atomic E-state index is 0.474. The van der Waals surface area contributed by atoms with E-state index in [1.807, 2.05) is 35.9 Å². The van der Waals surface area contributed by atoms with Crippen molar-refractivity contribution in [3.05, 3.63) is 34.6 Å². The molecule has 1 aromatic heterocycles. The van der Waals surface area contributed by atoms with Gasteiger partial charge in [0.2, 0.25) is 5.95 Å². The molecule has 0 saturated heterocycles. The molecule has 16 heavy (non-hydrogen) atoms. The van der Waals surface area contributed by atoms with Crippen LogP contribution >= 0.6 is 15.9 Å². The largest absolute Gasteiger partial charge is 0.495 e. The van der Waals surface area contributed by atoms with Gasteiger partial charge in [0.1, 0.15) is 5.75 Å². The molecule has 0 fully saturated rings. The molecule has 0 radical (unpaired) electrons. The molecule has 0 spiro atoms. The summed E-state index contributed by atoms with van der Waals surface area (Å²) >= 11 is 3.41. The Bertz CT molecular complexity index is 522. The molecule has 0 saturated carbocycles. The summed E-state index contributed by atoms with van der Waals surface area (Å²) < 4.78 is 7.97. The molecule has 0 aliphatic rings. The fraction of sp³-hybridized carbons (Fsp3) is 0.182. The normalized spacial score (nSPS) is 10.4. The van der Waals surface area contributed by atoms with Crippen molar-refractivity contribution in [1.29, 1.82) is 0 Å². The van der Waals surface area contributed by atoms with Gasteiger partial charge >= 0.3 is 0 Å². The van der Waals surface area contributed by atoms with E-state index in [9.17, 15) is 0 Å². The number of anilines is 1. The summed E-state index contributed by atoms with van der Waals surface area (Å²) in [5.74, 6) is 1.24. The third-order valence-electron chi connectivity index (χ3n) is 2.27. The van der Waals surface area contributed by atoms with E-state index < -0.39 is 0 Å². The Kier molecular flexibility index (Phi) is 2.87. The first-order valence-electron chi connectivity index (χ1n) is 4.77. The highest BCUT2D eigenvalue weighted by atomic mass is 79.9. The van der Waals surface area contributed by atoms with Gasteiger partial charge in [-0.3, -0.25) is 4.57 Å². The number of hydrogen-bond acceptors (Lipinski definition) is 3. The number of imidazole rings is 1. The molecule has 2 rings (SSSR count). The zero-order valence-corrected chi connectivity index (χ0v) is 10.7. The Balaban J connectivity index is 2.52. The summed E-state index contributed by atoms with van der Waals surface area (Å²) in [6.07, 6.45) is 1.89. The first-order chi connectivity index (χ1) is 7.61. The maximum Gasteiger partial charge on any atom is 0.205 e. The maximum atomic E-state index is 5.80. The van der Waals surface area contributed by atoms with Crippen LogP contribution in [0.4, 0.5) is 5.95 Å². The molecule has 0 unspecified atom stereocenters. The smallest absolute Gasteiger partial charge is 0.205 e. The molecule has 84 valence electrons. The average Bonchev–Trinajstić information content (AvgIpc) is 2.59. The second kappa shape index (κ2) is 4.17. The Hall–Kier alpha value is -1.49. The topological polar surface area (TPSA) is 53.1 Å². The van der Waals surface area contributed by atoms with Crippen LogP contribution in [-0.4, -0.2) is 16.7 Å². The third kappa shape index (κ3) is 1.90. The first kappa shape index (κ1) is 11.0. The van der Waals surface area contributed by atoms with Crippen LogP contribution in [0, 0.1) is 6.92 Å². The van der Waals surface area contributed by atoms with Gasteiger partial charge in [-0.2, -0.15) is 0 Å². The molecular formula is C11H12BrN3O. The summed E-state index contributed by atoms with van der Waals surface area (Å²) in [7, 11) is 1.63. The number of benzene rings is 1. The molecule has 2 N–H and O–H groups in total. The van der Waals surface area contributed by atoms with Gasteiger partial charge in [-0.1, -0.05) is 0 Å². The minimum atomic E-state index is 0.474. The van der Waals surface area contributed by atoms with Crippen LogP contribution in [0.1, 0.15) is 5.69 Å². The fourth-order valence-corrected chi connectivity index (χ4v) is 1.93. The molecule has 0 aliphatic carbocycles. The van der Waals surface area contributed by atoms with Crippen molar-refractivity contribution in [3.8, 4) is 11.4 Å². The zero-order valence-electron chi connectivity index (χ0n) is 9.07. The van der Waals surface area contributed by atoms with Crippen LogP contribution in [0.5, 0.6) is 5.75 Å². The van der Waals surface area contributed by atoms with Crippen LogP contribution in [0.25, 0.3) is 5.69 Å². The van der Waals surface area contributed by atoms with E-state index in [1.165, 1.54) is 0 Å². The Morgan fingerprint density at radius 3 is 2.75 bits per heavy atom. The number of aryl methyl sites for hydroxylation is 1. The van der Waals surface area contributed by atoms with Gasteiger partial charge in [0.15, 0.2) is 0 Å². The van der Waals surface area contributed by atoms with E-state index in [1.54, 1.807) is 7.11 Å². The number of nitrogens with zero attached hydrogens (tertiary/aromatic N) is 2. The van der Waals surface area contributed by atoms with Gasteiger partial charge in [-0.15, -0.1) is 0 Å². The van der Waals surface area contributed by atoms with E-state index in [-0.39, 0.29) is 0 Å². The summed E-state index contributed by atoms with van der Waals surface area (Å²) in [4.78, 5) is 4.15. The van der Waals surface area contributed by atoms with Crippen LogP contribution in [-0.2, 0) is 0 Å². The quantitative estimate of drug-likeness (QED) is 0.920. The van der Waals surface area contributed by atoms with Crippen LogP contribution in [0.3, 0.4) is 0 Å². The van der Waals surface area contributed by atoms with Crippen molar-refractivity contribution in [2.24, 2.45) is 0 Å². The van der Waals surface area contributed by atoms with Crippen LogP contribution in [0.2, 0.25) is 0 Å². The maximum absolute atomic E-state index is 5.80. The number of methoxy groups -OCH3 is 1. The van der Waals surface area contributed by atoms with Crippen molar-refractivity contribution in [2.45, 2.75) is 6.92 Å². The van der Waals surface area contributed by atoms with E-state index in [0.29, 0.717) is 5.95 Å². The second-order valence-electron chi connectivity index (χ2n) is 3.43. The standard InChI is InChI=1S/C11H12BrN3O/c1-7-6-15(11(13)14-7)8-3-4-9(12)10(5-8)16-2/h3-6H,1-2H3,(H2,13,14). The van der Waals surface area contributed by atoms with E-state index in [0.717, 1.165) is 21.6 Å². The number of ether oxygens (including phenoxy) is 1. The van der Waals surface area contributed by atoms with Crippen molar-refractivity contribution in [1.82, 2.24) is 9.55 Å². The Morgan fingerprint density at radius 2 is 2.19 bits per heavy atom. The monoisotopic (exact) mass is 281 g/mol. The molecule has 0 atom stereocenters. The zero-order chi connectivity index (χ0) is 11.7. The highest BCUT2D eigenvalue weighted by Gasteiger charge is 2.07. The van der Waals surface area contributed by atoms with Gasteiger partial charge in [-0.05, 0) is 35.0 Å². The molecule has 0 aliphatic heterocycles. The molecular weight excluding hydrogens is 270 g/mol. The van der Waals surface area contributed by atoms with Crippen LogP contribution in [0.15, 0.2) is 28.9 Å². The van der Waals surface area contributed by atoms with E-state index in [4.69, 9.17) is 10.5 Å². The third-order valence-corrected chi connectivity index (χ3v) is 2.92. The van der Waals surface area contributed by atoms with Gasteiger partial charge < -0.3 is 10.5 Å². The first-order valence-corrected chi connectivity index (χ1v) is 5.56. The lowest BCUT2D eigenvalue weighted by Gasteiger charge is -2.08. The van der Waals surface area contributed by atoms with Gasteiger partial charge in [-0.25, -0.2) is 4.98 Å². The lowest BCUT2D eigenvalue weighted by atomic mass is 10.3. The van der Waals surface area contributed by atoms with Gasteiger partial charge in [0.25, 0.3) is 0 Å². The number of rotatable bonds is 2. The van der Waals surface area contributed by atoms with Crippen molar-refractivity contribution in [3.63, 3.8) is 0 Å². The minimum Gasteiger partial charge on any atom is -0.495 e. The highest BCUT2D eigenvalue weighted by Crippen LogP contribution is 2.28. The van der Waals surface area contributed by atoms with Crippen molar-refractivity contribution in [2.75, 3.05) is 12.8 Å². The molecule has 4 nitrogen and oxygen atoms in total. The molecule has 1 heterocycles. The number of hydrogen-bond donors (Lipinski definition) is 1. The number of nitrogen functional groups attached to an aromatic ring is 1. The molecule has 5 heteroatoms. The molecule has 0 amide bonds. The van der Waals surface area contributed by atoms with Gasteiger partial charge in [0, 0.05) is 12.3 Å². The number of nitrogens with two attached hydrogens (primary N) is 1. The lowest BCUT2D eigenvalue weighted by molar-refractivity contribution is 0.412. The number of aromatic nitrogens is 2. The number of halogens is 1. The highest BCUT2D eigenvalue weighted by molar-refractivity contribution is 9.10. The van der Waals surface area contributed by atoms with Gasteiger partial charge in [0.05, 0.1) is 23.0 Å². The molecule has 0 bridgehead atoms. The van der Waals surface area contributed by atoms with Crippen LogP contribution < -0.4 is 10.5 Å². The summed E-state index contributed by atoms with van der Waals surface area (Å²) in [5.41, 5.74) is 7.62. The lowest BCUT2D eigenvalue weighted by Crippen LogP contribution is -2.00. The summed E-state index contributed by atoms with van der Waals surface area (Å²) in [5, 5.41) is 0. The summed E-state index contributed by atoms with van der Waals surface area (Å²) in [6.45, 7) is 1.91. The van der Waals surface area contributed by atoms with Crippen molar-refractivity contribution >= 4 is 21.9 Å². The average molecular weight is 282 g/mol. The van der Waals surface area contributed by atoms with E-state index >= 15 is 0 Å². The fourth-order valence-electron chi connectivity index (χ4n) is 1.52. The van der Waals surface area contributed by atoms with E-state index in [2.05, 4.69) is 20.9 Å². The Morgan fingerprint density at radius 1 is 1.44 bits per heavy atom. The summed E-state index contributed by atoms with van der Waals surface area (Å²) in [6, 6.07) is 5.77. The second-order valence-corrected chi connectivity index (χ2v) is 4.28.